The molecule has 0 unspecified atom stereocenters. The lowest BCUT2D eigenvalue weighted by Crippen LogP contribution is -2.29. The third-order valence-electron chi connectivity index (χ3n) is 23.7. The molecule has 0 atom stereocenters. The summed E-state index contributed by atoms with van der Waals surface area (Å²) in [5.41, 5.74) is 36.4. The monoisotopic (exact) mass is 1350 g/mol. The summed E-state index contributed by atoms with van der Waals surface area (Å²) in [5.74, 6) is 0. The standard InChI is InChI=1S/C102H70N2S/c1-65-43-53-81-83-56-50-76(63-94(83)100(92(81)59-65,69-25-8-4-9-26-69)70-27-10-5-11-28-70)103(77-51-57-84-82-54-44-66(2)60-93(82)101(95(84)64-77,71-29-12-6-13-30-71)72-31-14-7-15-32-72)74-49-55-78(67(3)61-74)68-45-47-73(48-46-68)104(75-52-58-98-87(62-75)85-35-19-23-42-97(85)105-98)96-41-24-40-91-99(96)86-36-18-22-39-90(86)102(91)88-37-20-16-33-79(88)80-34-17-21-38-89(80)102/h4-64H,1-3H3. The maximum Gasteiger partial charge on any atom is 0.0726 e. The molecule has 0 fully saturated rings. The number of fused-ring (bicyclic) bond motifs is 19. The van der Waals surface area contributed by atoms with Gasteiger partial charge in [0.25, 0.3) is 0 Å². The Balaban J connectivity index is 0.747. The van der Waals surface area contributed by atoms with Gasteiger partial charge in [0.05, 0.1) is 21.9 Å². The van der Waals surface area contributed by atoms with Gasteiger partial charge in [-0.05, 0) is 222 Å². The molecule has 21 rings (SSSR count). The highest BCUT2D eigenvalue weighted by molar-refractivity contribution is 7.25. The molecule has 0 saturated heterocycles. The first-order valence-corrected chi connectivity index (χ1v) is 37.5. The molecular formula is C102H70N2S. The Morgan fingerprint density at radius 3 is 1.13 bits per heavy atom. The Bertz CT molecular complexity index is 6070. The van der Waals surface area contributed by atoms with Crippen LogP contribution >= 0.6 is 11.3 Å². The van der Waals surface area contributed by atoms with E-state index in [-0.39, 0.29) is 0 Å². The van der Waals surface area contributed by atoms with Gasteiger partial charge in [-0.15, -0.1) is 11.3 Å². The molecule has 0 aliphatic heterocycles. The van der Waals surface area contributed by atoms with Gasteiger partial charge in [0.15, 0.2) is 0 Å². The number of anilines is 6. The summed E-state index contributed by atoms with van der Waals surface area (Å²) in [4.78, 5) is 5.07. The van der Waals surface area contributed by atoms with Crippen LogP contribution in [0.3, 0.4) is 0 Å². The van der Waals surface area contributed by atoms with E-state index in [1.807, 2.05) is 11.3 Å². The number of hydrogen-bond acceptors (Lipinski definition) is 3. The lowest BCUT2D eigenvalue weighted by Gasteiger charge is -2.36. The lowest BCUT2D eigenvalue weighted by atomic mass is 9.67. The van der Waals surface area contributed by atoms with Crippen molar-refractivity contribution < 1.29 is 0 Å². The first-order chi connectivity index (χ1) is 51.8. The van der Waals surface area contributed by atoms with E-state index in [1.165, 1.54) is 154 Å². The third-order valence-corrected chi connectivity index (χ3v) is 24.8. The minimum Gasteiger partial charge on any atom is -0.310 e. The predicted molar refractivity (Wildman–Crippen MR) is 439 cm³/mol. The van der Waals surface area contributed by atoms with Gasteiger partial charge < -0.3 is 9.80 Å². The van der Waals surface area contributed by atoms with Gasteiger partial charge in [-0.2, -0.15) is 0 Å². The molecule has 4 aliphatic carbocycles. The molecule has 3 heteroatoms. The molecule has 1 spiro atoms. The summed E-state index contributed by atoms with van der Waals surface area (Å²) in [6.07, 6.45) is 0. The van der Waals surface area contributed by atoms with Crippen molar-refractivity contribution in [2.24, 2.45) is 0 Å². The molecule has 0 N–H and O–H groups in total. The summed E-state index contributed by atoms with van der Waals surface area (Å²) in [5, 5.41) is 2.55. The zero-order valence-corrected chi connectivity index (χ0v) is 59.3. The van der Waals surface area contributed by atoms with Crippen LogP contribution in [0.4, 0.5) is 34.1 Å². The van der Waals surface area contributed by atoms with Gasteiger partial charge in [0, 0.05) is 54.2 Å². The van der Waals surface area contributed by atoms with Crippen molar-refractivity contribution >= 4 is 65.6 Å². The Morgan fingerprint density at radius 2 is 0.610 bits per heavy atom. The summed E-state index contributed by atoms with van der Waals surface area (Å²) < 4.78 is 2.58. The molecule has 1 heterocycles. The number of thiophene rings is 1. The molecule has 0 saturated carbocycles. The number of rotatable bonds is 11. The Labute approximate surface area is 617 Å². The summed E-state index contributed by atoms with van der Waals surface area (Å²) in [7, 11) is 0. The van der Waals surface area contributed by atoms with Crippen LogP contribution in [0.2, 0.25) is 0 Å². The van der Waals surface area contributed by atoms with E-state index in [2.05, 4.69) is 401 Å². The highest BCUT2D eigenvalue weighted by Crippen LogP contribution is 2.66. The molecule has 0 amide bonds. The topological polar surface area (TPSA) is 6.48 Å². The molecule has 105 heavy (non-hydrogen) atoms. The SMILES string of the molecule is Cc1ccc2c(c1)C(c1ccccc1)(c1ccccc1)c1cc(N(c3ccc(-c4ccc(N(c5ccc6sc7ccccc7c6c5)c5cccc6c5-c5ccccc5C65c6ccccc6-c6ccccc65)cc4)c(C)c3)c3ccc4c(c3)C(c3ccccc3)(c3ccccc3)c3cc(C)ccc3-4)ccc1-2. The maximum atomic E-state index is 2.54. The van der Waals surface area contributed by atoms with Gasteiger partial charge in [0.2, 0.25) is 0 Å². The van der Waals surface area contributed by atoms with Gasteiger partial charge in [0.1, 0.15) is 0 Å². The van der Waals surface area contributed by atoms with Gasteiger partial charge >= 0.3 is 0 Å². The van der Waals surface area contributed by atoms with Crippen molar-refractivity contribution in [3.63, 3.8) is 0 Å². The van der Waals surface area contributed by atoms with E-state index in [4.69, 9.17) is 0 Å². The van der Waals surface area contributed by atoms with Crippen molar-refractivity contribution in [1.29, 1.82) is 0 Å². The van der Waals surface area contributed by atoms with Gasteiger partial charge in [-0.1, -0.05) is 302 Å². The average molecular weight is 1360 g/mol. The van der Waals surface area contributed by atoms with Crippen LogP contribution in [-0.2, 0) is 16.2 Å². The second-order valence-corrected chi connectivity index (χ2v) is 30.2. The fourth-order valence-corrected chi connectivity index (χ4v) is 20.5. The van der Waals surface area contributed by atoms with E-state index in [1.54, 1.807) is 0 Å². The van der Waals surface area contributed by atoms with E-state index in [0.29, 0.717) is 0 Å². The Kier molecular flexibility index (Phi) is 13.6. The second-order valence-electron chi connectivity index (χ2n) is 29.1. The molecule has 1 aromatic heterocycles. The fraction of sp³-hybridized carbons (Fsp3) is 0.0588. The number of nitrogens with zero attached hydrogens (tertiary/aromatic N) is 2. The minimum atomic E-state index is -0.609. The van der Waals surface area contributed by atoms with E-state index < -0.39 is 16.2 Å². The zero-order valence-electron chi connectivity index (χ0n) is 58.5. The van der Waals surface area contributed by atoms with Crippen LogP contribution in [0, 0.1) is 20.8 Å². The normalized spacial score (nSPS) is 13.9. The van der Waals surface area contributed by atoms with Gasteiger partial charge in [-0.25, -0.2) is 0 Å². The van der Waals surface area contributed by atoms with Crippen molar-refractivity contribution in [1.82, 2.24) is 0 Å². The fourth-order valence-electron chi connectivity index (χ4n) is 19.4. The highest BCUT2D eigenvalue weighted by atomic mass is 32.1. The van der Waals surface area contributed by atoms with Gasteiger partial charge in [-0.3, -0.25) is 0 Å². The first kappa shape index (κ1) is 61.0. The maximum absolute atomic E-state index is 2.54. The van der Waals surface area contributed by atoms with Crippen molar-refractivity contribution in [2.45, 2.75) is 37.0 Å². The van der Waals surface area contributed by atoms with Crippen LogP contribution < -0.4 is 9.80 Å². The van der Waals surface area contributed by atoms with Crippen LogP contribution in [0.25, 0.3) is 75.8 Å². The summed E-state index contributed by atoms with van der Waals surface area (Å²) in [6, 6.07) is 141. The van der Waals surface area contributed by atoms with Crippen LogP contribution in [0.1, 0.15) is 83.5 Å². The summed E-state index contributed by atoms with van der Waals surface area (Å²) in [6.45, 7) is 6.76. The number of aryl methyl sites for hydroxylation is 3. The number of benzene rings is 16. The molecule has 4 aliphatic rings. The Morgan fingerprint density at radius 1 is 0.229 bits per heavy atom. The van der Waals surface area contributed by atoms with E-state index >= 15 is 0 Å². The Hall–Kier alpha value is -12.7. The average Bonchev–Trinajstić information content (AvgIpc) is 1.47. The molecule has 2 nitrogen and oxygen atoms in total. The lowest BCUT2D eigenvalue weighted by molar-refractivity contribution is 0.766. The highest BCUT2D eigenvalue weighted by Gasteiger charge is 2.53. The molecule has 0 bridgehead atoms. The van der Waals surface area contributed by atoms with Crippen LogP contribution in [-0.4, -0.2) is 0 Å². The van der Waals surface area contributed by atoms with Crippen LogP contribution in [0.5, 0.6) is 0 Å². The molecule has 0 radical (unpaired) electrons. The van der Waals surface area contributed by atoms with Crippen molar-refractivity contribution in [3.05, 3.63) is 454 Å². The second kappa shape index (κ2) is 23.4. The van der Waals surface area contributed by atoms with Crippen molar-refractivity contribution in [3.8, 4) is 55.6 Å². The van der Waals surface area contributed by atoms with Crippen LogP contribution in [0.15, 0.2) is 370 Å². The zero-order chi connectivity index (χ0) is 69.7. The van der Waals surface area contributed by atoms with E-state index in [9.17, 15) is 0 Å². The predicted octanol–water partition coefficient (Wildman–Crippen LogP) is 26.7. The molecule has 494 valence electrons. The van der Waals surface area contributed by atoms with E-state index in [0.717, 1.165) is 39.7 Å². The molecular weight excluding hydrogens is 1290 g/mol. The largest absolute Gasteiger partial charge is 0.310 e. The minimum absolute atomic E-state index is 0.488. The molecule has 17 aromatic rings. The first-order valence-electron chi connectivity index (χ1n) is 36.7. The molecule has 16 aromatic carbocycles. The third kappa shape index (κ3) is 8.71. The van der Waals surface area contributed by atoms with Crippen molar-refractivity contribution in [2.75, 3.05) is 9.80 Å². The smallest absolute Gasteiger partial charge is 0.0726 e. The number of hydrogen-bond donors (Lipinski definition) is 0. The quantitative estimate of drug-likeness (QED) is 0.127. The summed E-state index contributed by atoms with van der Waals surface area (Å²) >= 11 is 1.86.